The van der Waals surface area contributed by atoms with Gasteiger partial charge in [-0.25, -0.2) is 0 Å². The van der Waals surface area contributed by atoms with Gasteiger partial charge in [-0.1, -0.05) is 52.0 Å². The number of carbonyl (C=O) groups is 1. The van der Waals surface area contributed by atoms with Crippen LogP contribution in [0.4, 0.5) is 0 Å². The predicted octanol–water partition coefficient (Wildman–Crippen LogP) is 2.84. The summed E-state index contributed by atoms with van der Waals surface area (Å²) in [5, 5.41) is 11.6. The Hall–Kier alpha value is -1.35. The van der Waals surface area contributed by atoms with Crippen molar-refractivity contribution in [2.24, 2.45) is 5.92 Å². The lowest BCUT2D eigenvalue weighted by molar-refractivity contribution is -0.136. The Labute approximate surface area is 116 Å². The molecule has 0 heterocycles. The van der Waals surface area contributed by atoms with Gasteiger partial charge in [0.05, 0.1) is 6.54 Å². The van der Waals surface area contributed by atoms with E-state index in [4.69, 9.17) is 5.11 Å². The van der Waals surface area contributed by atoms with Gasteiger partial charge in [0, 0.05) is 12.0 Å². The summed E-state index contributed by atoms with van der Waals surface area (Å²) in [5.41, 5.74) is 2.53. The lowest BCUT2D eigenvalue weighted by atomic mass is 9.84. The third-order valence-electron chi connectivity index (χ3n) is 3.22. The van der Waals surface area contributed by atoms with E-state index in [-0.39, 0.29) is 12.0 Å². The molecule has 0 saturated carbocycles. The first kappa shape index (κ1) is 15.7. The molecule has 0 aliphatic rings. The van der Waals surface area contributed by atoms with Crippen molar-refractivity contribution in [2.45, 2.75) is 39.5 Å². The topological polar surface area (TPSA) is 49.3 Å². The van der Waals surface area contributed by atoms with Crippen molar-refractivity contribution in [3.05, 3.63) is 35.4 Å². The van der Waals surface area contributed by atoms with Crippen LogP contribution in [0.2, 0.25) is 0 Å². The number of rotatable bonds is 7. The highest BCUT2D eigenvalue weighted by Crippen LogP contribution is 2.23. The van der Waals surface area contributed by atoms with Crippen LogP contribution in [0.25, 0.3) is 0 Å². The van der Waals surface area contributed by atoms with Gasteiger partial charge in [-0.05, 0) is 23.5 Å². The zero-order valence-electron chi connectivity index (χ0n) is 12.4. The standard InChI is InChI=1S/C16H25NO2/c1-12(2)9-13-5-7-14(8-6-13)16(3,4)11-17-10-15(18)19/h5-8,12,17H,9-11H2,1-4H3,(H,18,19). The van der Waals surface area contributed by atoms with Crippen molar-refractivity contribution in [2.75, 3.05) is 13.1 Å². The van der Waals surface area contributed by atoms with E-state index in [2.05, 4.69) is 57.3 Å². The van der Waals surface area contributed by atoms with Crippen molar-refractivity contribution in [3.8, 4) is 0 Å². The molecule has 3 heteroatoms. The molecule has 0 aliphatic heterocycles. The lowest BCUT2D eigenvalue weighted by Crippen LogP contribution is -2.35. The first-order valence-electron chi connectivity index (χ1n) is 6.83. The van der Waals surface area contributed by atoms with E-state index in [1.54, 1.807) is 0 Å². The normalized spacial score (nSPS) is 11.8. The van der Waals surface area contributed by atoms with Gasteiger partial charge in [-0.2, -0.15) is 0 Å². The van der Waals surface area contributed by atoms with Gasteiger partial charge in [-0.15, -0.1) is 0 Å². The average Bonchev–Trinajstić information content (AvgIpc) is 2.28. The molecule has 1 aromatic carbocycles. The van der Waals surface area contributed by atoms with Crippen molar-refractivity contribution in [1.29, 1.82) is 0 Å². The summed E-state index contributed by atoms with van der Waals surface area (Å²) in [4.78, 5) is 10.5. The molecule has 19 heavy (non-hydrogen) atoms. The maximum Gasteiger partial charge on any atom is 0.317 e. The van der Waals surface area contributed by atoms with E-state index in [1.807, 2.05) is 0 Å². The largest absolute Gasteiger partial charge is 0.480 e. The van der Waals surface area contributed by atoms with E-state index < -0.39 is 5.97 Å². The van der Waals surface area contributed by atoms with E-state index in [0.717, 1.165) is 6.42 Å². The highest BCUT2D eigenvalue weighted by molar-refractivity contribution is 5.69. The van der Waals surface area contributed by atoms with E-state index in [9.17, 15) is 4.79 Å². The maximum atomic E-state index is 10.5. The van der Waals surface area contributed by atoms with Crippen LogP contribution >= 0.6 is 0 Å². The van der Waals surface area contributed by atoms with E-state index in [0.29, 0.717) is 12.5 Å². The average molecular weight is 263 g/mol. The number of hydrogen-bond donors (Lipinski definition) is 2. The smallest absolute Gasteiger partial charge is 0.317 e. The molecular formula is C16H25NO2. The molecule has 3 nitrogen and oxygen atoms in total. The second-order valence-electron chi connectivity index (χ2n) is 6.18. The highest BCUT2D eigenvalue weighted by atomic mass is 16.4. The Morgan fingerprint density at radius 2 is 1.84 bits per heavy atom. The summed E-state index contributed by atoms with van der Waals surface area (Å²) in [7, 11) is 0. The lowest BCUT2D eigenvalue weighted by Gasteiger charge is -2.25. The fourth-order valence-corrected chi connectivity index (χ4v) is 2.15. The second-order valence-corrected chi connectivity index (χ2v) is 6.18. The summed E-state index contributed by atoms with van der Waals surface area (Å²) in [6.07, 6.45) is 1.10. The number of aliphatic carboxylic acids is 1. The predicted molar refractivity (Wildman–Crippen MR) is 78.5 cm³/mol. The Bertz CT molecular complexity index is 407. The minimum absolute atomic E-state index is 0.00879. The van der Waals surface area contributed by atoms with Crippen molar-refractivity contribution in [1.82, 2.24) is 5.32 Å². The van der Waals surface area contributed by atoms with Gasteiger partial charge in [0.25, 0.3) is 0 Å². The van der Waals surface area contributed by atoms with Crippen LogP contribution in [0.3, 0.4) is 0 Å². The molecule has 0 fully saturated rings. The molecule has 106 valence electrons. The van der Waals surface area contributed by atoms with E-state index in [1.165, 1.54) is 11.1 Å². The van der Waals surface area contributed by atoms with Crippen LogP contribution in [0.1, 0.15) is 38.8 Å². The molecule has 0 unspecified atom stereocenters. The third kappa shape index (κ3) is 5.43. The summed E-state index contributed by atoms with van der Waals surface area (Å²) >= 11 is 0. The van der Waals surface area contributed by atoms with Crippen molar-refractivity contribution >= 4 is 5.97 Å². The van der Waals surface area contributed by atoms with Gasteiger partial charge in [0.2, 0.25) is 0 Å². The molecule has 0 aromatic heterocycles. The Kier molecular flexibility index (Phi) is 5.55. The molecule has 0 saturated heterocycles. The molecule has 1 rings (SSSR count). The van der Waals surface area contributed by atoms with Gasteiger partial charge in [0.1, 0.15) is 0 Å². The van der Waals surface area contributed by atoms with Crippen LogP contribution in [0.15, 0.2) is 24.3 Å². The SMILES string of the molecule is CC(C)Cc1ccc(C(C)(C)CNCC(=O)O)cc1. The van der Waals surface area contributed by atoms with Gasteiger partial charge in [0.15, 0.2) is 0 Å². The zero-order chi connectivity index (χ0) is 14.5. The van der Waals surface area contributed by atoms with Gasteiger partial charge in [-0.3, -0.25) is 4.79 Å². The molecule has 0 spiro atoms. The first-order valence-corrected chi connectivity index (χ1v) is 6.83. The zero-order valence-corrected chi connectivity index (χ0v) is 12.4. The van der Waals surface area contributed by atoms with Crippen LogP contribution < -0.4 is 5.32 Å². The first-order chi connectivity index (χ1) is 8.81. The molecule has 2 N–H and O–H groups in total. The van der Waals surface area contributed by atoms with Crippen LogP contribution in [-0.2, 0) is 16.6 Å². The third-order valence-corrected chi connectivity index (χ3v) is 3.22. The van der Waals surface area contributed by atoms with Crippen molar-refractivity contribution in [3.63, 3.8) is 0 Å². The minimum atomic E-state index is -0.817. The summed E-state index contributed by atoms with van der Waals surface area (Å²) in [5.74, 6) is -0.154. The van der Waals surface area contributed by atoms with Gasteiger partial charge >= 0.3 is 5.97 Å². The molecule has 1 aromatic rings. The molecular weight excluding hydrogens is 238 g/mol. The van der Waals surface area contributed by atoms with Crippen LogP contribution in [0.5, 0.6) is 0 Å². The summed E-state index contributed by atoms with van der Waals surface area (Å²) in [6.45, 7) is 9.34. The molecule has 0 amide bonds. The molecule has 0 bridgehead atoms. The van der Waals surface area contributed by atoms with Crippen LogP contribution in [-0.4, -0.2) is 24.2 Å². The number of carboxylic acids is 1. The molecule has 0 aliphatic carbocycles. The fourth-order valence-electron chi connectivity index (χ4n) is 2.15. The summed E-state index contributed by atoms with van der Waals surface area (Å²) < 4.78 is 0. The molecule has 0 atom stereocenters. The maximum absolute atomic E-state index is 10.5. The summed E-state index contributed by atoms with van der Waals surface area (Å²) in [6, 6.07) is 8.66. The monoisotopic (exact) mass is 263 g/mol. The van der Waals surface area contributed by atoms with Crippen LogP contribution in [0, 0.1) is 5.92 Å². The highest BCUT2D eigenvalue weighted by Gasteiger charge is 2.20. The number of hydrogen-bond acceptors (Lipinski definition) is 2. The number of carboxylic acid groups (broad SMARTS) is 1. The fraction of sp³-hybridized carbons (Fsp3) is 0.562. The minimum Gasteiger partial charge on any atom is -0.480 e. The Balaban J connectivity index is 2.64. The van der Waals surface area contributed by atoms with Gasteiger partial charge < -0.3 is 10.4 Å². The molecule has 0 radical (unpaired) electrons. The van der Waals surface area contributed by atoms with E-state index >= 15 is 0 Å². The number of nitrogens with one attached hydrogen (secondary N) is 1. The Morgan fingerprint density at radius 3 is 2.32 bits per heavy atom. The Morgan fingerprint density at radius 1 is 1.26 bits per heavy atom. The number of benzene rings is 1. The second kappa shape index (κ2) is 6.71. The quantitative estimate of drug-likeness (QED) is 0.795. The van der Waals surface area contributed by atoms with Crippen molar-refractivity contribution < 1.29 is 9.90 Å².